The second-order valence-corrected chi connectivity index (χ2v) is 7.17. The van der Waals surface area contributed by atoms with Crippen LogP contribution < -0.4 is 4.72 Å². The van der Waals surface area contributed by atoms with Gasteiger partial charge in [-0.05, 0) is 35.7 Å². The summed E-state index contributed by atoms with van der Waals surface area (Å²) >= 11 is 3.10. The van der Waals surface area contributed by atoms with Crippen LogP contribution in [0.2, 0.25) is 0 Å². The molecule has 0 bridgehead atoms. The number of aryl methyl sites for hydroxylation is 1. The molecule has 2 aromatic carbocycles. The van der Waals surface area contributed by atoms with E-state index in [4.69, 9.17) is 0 Å². The van der Waals surface area contributed by atoms with E-state index >= 15 is 0 Å². The van der Waals surface area contributed by atoms with Crippen molar-refractivity contribution in [2.24, 2.45) is 0 Å². The van der Waals surface area contributed by atoms with E-state index in [2.05, 4.69) is 20.7 Å². The first-order chi connectivity index (χ1) is 9.94. The molecule has 0 aromatic heterocycles. The van der Waals surface area contributed by atoms with Crippen LogP contribution >= 0.6 is 15.9 Å². The van der Waals surface area contributed by atoms with Crippen molar-refractivity contribution in [3.05, 3.63) is 63.9 Å². The Morgan fingerprint density at radius 1 is 1.14 bits per heavy atom. The molecular formula is C15H15BrFNO2S. The fourth-order valence-electron chi connectivity index (χ4n) is 2.02. The van der Waals surface area contributed by atoms with Crippen molar-refractivity contribution in [2.45, 2.75) is 24.8 Å². The third-order valence-electron chi connectivity index (χ3n) is 3.14. The predicted molar refractivity (Wildman–Crippen MR) is 83.9 cm³/mol. The summed E-state index contributed by atoms with van der Waals surface area (Å²) in [5.41, 5.74) is 1.96. The molecule has 0 saturated carbocycles. The van der Waals surface area contributed by atoms with Gasteiger partial charge < -0.3 is 0 Å². The molecule has 21 heavy (non-hydrogen) atoms. The lowest BCUT2D eigenvalue weighted by Crippen LogP contribution is -2.24. The average Bonchev–Trinajstić information content (AvgIpc) is 2.45. The first kappa shape index (κ1) is 16.1. The van der Waals surface area contributed by atoms with Gasteiger partial charge in [0.05, 0.1) is 0 Å². The number of nitrogens with one attached hydrogen (secondary N) is 1. The molecule has 0 atom stereocenters. The van der Waals surface area contributed by atoms with E-state index in [1.54, 1.807) is 0 Å². The summed E-state index contributed by atoms with van der Waals surface area (Å²) < 4.78 is 41.0. The van der Waals surface area contributed by atoms with Crippen LogP contribution in [0.5, 0.6) is 0 Å². The molecule has 0 aliphatic rings. The van der Waals surface area contributed by atoms with Crippen molar-refractivity contribution in [2.75, 3.05) is 0 Å². The summed E-state index contributed by atoms with van der Waals surface area (Å²) in [6, 6.07) is 11.4. The van der Waals surface area contributed by atoms with E-state index < -0.39 is 15.8 Å². The second kappa shape index (κ2) is 6.68. The van der Waals surface area contributed by atoms with Crippen LogP contribution in [0.15, 0.2) is 51.8 Å². The minimum Gasteiger partial charge on any atom is -0.207 e. The maximum Gasteiger partial charge on any atom is 0.243 e. The van der Waals surface area contributed by atoms with Crippen molar-refractivity contribution in [1.29, 1.82) is 0 Å². The van der Waals surface area contributed by atoms with Gasteiger partial charge in [-0.25, -0.2) is 17.5 Å². The molecule has 0 unspecified atom stereocenters. The van der Waals surface area contributed by atoms with Crippen molar-refractivity contribution < 1.29 is 12.8 Å². The first-order valence-corrected chi connectivity index (χ1v) is 8.73. The second-order valence-electron chi connectivity index (χ2n) is 4.52. The molecule has 0 amide bonds. The van der Waals surface area contributed by atoms with Gasteiger partial charge in [0.2, 0.25) is 10.0 Å². The van der Waals surface area contributed by atoms with Gasteiger partial charge in [0, 0.05) is 11.0 Å². The molecule has 0 spiro atoms. The van der Waals surface area contributed by atoms with Crippen LogP contribution in [-0.4, -0.2) is 8.42 Å². The van der Waals surface area contributed by atoms with Gasteiger partial charge >= 0.3 is 0 Å². The van der Waals surface area contributed by atoms with E-state index in [-0.39, 0.29) is 11.4 Å². The zero-order valence-corrected chi connectivity index (χ0v) is 13.8. The summed E-state index contributed by atoms with van der Waals surface area (Å²) in [5.74, 6) is -0.777. The van der Waals surface area contributed by atoms with Crippen LogP contribution in [-0.2, 0) is 23.0 Å². The van der Waals surface area contributed by atoms with E-state index in [0.29, 0.717) is 4.47 Å². The topological polar surface area (TPSA) is 46.2 Å². The Balaban J connectivity index is 2.22. The Labute approximate surface area is 132 Å². The highest BCUT2D eigenvalue weighted by Crippen LogP contribution is 2.20. The molecule has 2 aromatic rings. The summed E-state index contributed by atoms with van der Waals surface area (Å²) in [4.78, 5) is -0.348. The van der Waals surface area contributed by atoms with Gasteiger partial charge in [-0.3, -0.25) is 0 Å². The van der Waals surface area contributed by atoms with Gasteiger partial charge in [0.15, 0.2) is 0 Å². The minimum absolute atomic E-state index is 0.141. The van der Waals surface area contributed by atoms with Crippen LogP contribution in [0.4, 0.5) is 4.39 Å². The minimum atomic E-state index is -3.88. The smallest absolute Gasteiger partial charge is 0.207 e. The molecule has 0 heterocycles. The largest absolute Gasteiger partial charge is 0.243 e. The summed E-state index contributed by atoms with van der Waals surface area (Å²) in [7, 11) is -3.88. The summed E-state index contributed by atoms with van der Waals surface area (Å²) in [6.45, 7) is 2.14. The van der Waals surface area contributed by atoms with E-state index in [1.807, 2.05) is 31.2 Å². The number of sulfonamides is 1. The molecule has 6 heteroatoms. The highest BCUT2D eigenvalue weighted by atomic mass is 79.9. The Hall–Kier alpha value is -1.24. The Bertz CT molecular complexity index is 747. The van der Waals surface area contributed by atoms with E-state index in [9.17, 15) is 12.8 Å². The fraction of sp³-hybridized carbons (Fsp3) is 0.200. The van der Waals surface area contributed by atoms with E-state index in [0.717, 1.165) is 23.6 Å². The van der Waals surface area contributed by atoms with Crippen LogP contribution in [0, 0.1) is 5.82 Å². The third kappa shape index (κ3) is 3.90. The van der Waals surface area contributed by atoms with Crippen LogP contribution in [0.3, 0.4) is 0 Å². The van der Waals surface area contributed by atoms with Gasteiger partial charge in [-0.15, -0.1) is 0 Å². The molecule has 3 nitrogen and oxygen atoms in total. The maximum absolute atomic E-state index is 13.8. The number of hydrogen-bond acceptors (Lipinski definition) is 2. The van der Waals surface area contributed by atoms with E-state index in [1.165, 1.54) is 12.1 Å². The fourth-order valence-corrected chi connectivity index (χ4v) is 3.42. The Morgan fingerprint density at radius 2 is 1.81 bits per heavy atom. The average molecular weight is 372 g/mol. The zero-order valence-electron chi connectivity index (χ0n) is 11.4. The summed E-state index contributed by atoms with van der Waals surface area (Å²) in [5, 5.41) is 0. The molecule has 0 fully saturated rings. The first-order valence-electron chi connectivity index (χ1n) is 6.45. The lowest BCUT2D eigenvalue weighted by atomic mass is 10.1. The lowest BCUT2D eigenvalue weighted by molar-refractivity contribution is 0.556. The molecule has 0 aliphatic heterocycles. The van der Waals surface area contributed by atoms with Gasteiger partial charge in [-0.1, -0.05) is 47.1 Å². The predicted octanol–water partition coefficient (Wildman–Crippen LogP) is 3.63. The quantitative estimate of drug-likeness (QED) is 0.871. The van der Waals surface area contributed by atoms with Crippen molar-refractivity contribution in [1.82, 2.24) is 4.72 Å². The zero-order chi connectivity index (χ0) is 15.5. The van der Waals surface area contributed by atoms with Crippen molar-refractivity contribution >= 4 is 26.0 Å². The number of benzene rings is 2. The highest BCUT2D eigenvalue weighted by Gasteiger charge is 2.19. The molecule has 0 radical (unpaired) electrons. The third-order valence-corrected chi connectivity index (χ3v) is 5.06. The SMILES string of the molecule is CCc1ccccc1CNS(=O)(=O)c1ccc(Br)cc1F. The van der Waals surface area contributed by atoms with Gasteiger partial charge in [0.1, 0.15) is 10.7 Å². The van der Waals surface area contributed by atoms with Crippen LogP contribution in [0.25, 0.3) is 0 Å². The molecule has 2 rings (SSSR count). The normalized spacial score (nSPS) is 11.6. The monoisotopic (exact) mass is 371 g/mol. The number of hydrogen-bond donors (Lipinski definition) is 1. The maximum atomic E-state index is 13.8. The standard InChI is InChI=1S/C15H15BrFNO2S/c1-2-11-5-3-4-6-12(11)10-18-21(19,20)15-8-7-13(16)9-14(15)17/h3-9,18H,2,10H2,1H3. The molecule has 0 aliphatic carbocycles. The highest BCUT2D eigenvalue weighted by molar-refractivity contribution is 9.10. The lowest BCUT2D eigenvalue weighted by Gasteiger charge is -2.10. The Kier molecular flexibility index (Phi) is 5.13. The van der Waals surface area contributed by atoms with Crippen LogP contribution in [0.1, 0.15) is 18.1 Å². The molecule has 112 valence electrons. The van der Waals surface area contributed by atoms with Gasteiger partial charge in [-0.2, -0.15) is 0 Å². The molecule has 1 N–H and O–H groups in total. The van der Waals surface area contributed by atoms with Gasteiger partial charge in [0.25, 0.3) is 0 Å². The van der Waals surface area contributed by atoms with Crippen molar-refractivity contribution in [3.63, 3.8) is 0 Å². The number of halogens is 2. The van der Waals surface area contributed by atoms with Crippen molar-refractivity contribution in [3.8, 4) is 0 Å². The Morgan fingerprint density at radius 3 is 2.43 bits per heavy atom. The molecular weight excluding hydrogens is 357 g/mol. The number of rotatable bonds is 5. The molecule has 0 saturated heterocycles. The summed E-state index contributed by atoms with van der Waals surface area (Å²) in [6.07, 6.45) is 0.810.